The highest BCUT2D eigenvalue weighted by Gasteiger charge is 2.06. The molecular weight excluding hydrogens is 260 g/mol. The highest BCUT2D eigenvalue weighted by Crippen LogP contribution is 2.27. The van der Waals surface area contributed by atoms with E-state index < -0.39 is 0 Å². The zero-order valence-electron chi connectivity index (χ0n) is 12.1. The molecule has 0 amide bonds. The summed E-state index contributed by atoms with van der Waals surface area (Å²) in [6, 6.07) is 10.2. The molecule has 0 saturated carbocycles. The number of hydrogen-bond acceptors (Lipinski definition) is 1. The van der Waals surface area contributed by atoms with Crippen molar-refractivity contribution in [2.24, 2.45) is 0 Å². The molecule has 0 unspecified atom stereocenters. The smallest absolute Gasteiger partial charge is 0.0297 e. The van der Waals surface area contributed by atoms with Gasteiger partial charge in [0.1, 0.15) is 0 Å². The van der Waals surface area contributed by atoms with Crippen LogP contribution in [0.1, 0.15) is 25.8 Å². The molecule has 0 spiro atoms. The van der Waals surface area contributed by atoms with Crippen molar-refractivity contribution in [3.63, 3.8) is 0 Å². The fourth-order valence-corrected chi connectivity index (χ4v) is 2.07. The van der Waals surface area contributed by atoms with Crippen LogP contribution >= 0.6 is 12.6 Å². The molecule has 0 N–H and O–H groups in total. The van der Waals surface area contributed by atoms with Gasteiger partial charge in [0.15, 0.2) is 0 Å². The second kappa shape index (κ2) is 8.30. The minimum absolute atomic E-state index is 0.639. The number of terminal acetylenes is 1. The van der Waals surface area contributed by atoms with Gasteiger partial charge in [-0.3, -0.25) is 0 Å². The van der Waals surface area contributed by atoms with Crippen LogP contribution in [0.4, 0.5) is 0 Å². The maximum atomic E-state index is 5.36. The predicted octanol–water partition coefficient (Wildman–Crippen LogP) is 5.43. The quantitative estimate of drug-likeness (QED) is 0.415. The van der Waals surface area contributed by atoms with Crippen LogP contribution in [0.15, 0.2) is 71.2 Å². The van der Waals surface area contributed by atoms with E-state index in [-0.39, 0.29) is 0 Å². The van der Waals surface area contributed by atoms with Gasteiger partial charge in [0, 0.05) is 6.42 Å². The summed E-state index contributed by atoms with van der Waals surface area (Å²) in [5.74, 6) is 2.66. The molecule has 1 aromatic carbocycles. The summed E-state index contributed by atoms with van der Waals surface area (Å²) in [6.07, 6.45) is 10.1. The molecule has 102 valence electrons. The molecule has 0 bridgehead atoms. The molecule has 0 heterocycles. The lowest BCUT2D eigenvalue weighted by atomic mass is 9.95. The number of allylic oxidation sites excluding steroid dienone is 6. The first-order chi connectivity index (χ1) is 9.58. The molecule has 0 aliphatic carbocycles. The monoisotopic (exact) mass is 280 g/mol. The third-order valence-electron chi connectivity index (χ3n) is 2.71. The molecule has 0 nitrogen and oxygen atoms in total. The molecule has 0 aromatic heterocycles. The third-order valence-corrected chi connectivity index (χ3v) is 2.99. The van der Waals surface area contributed by atoms with Crippen LogP contribution in [0.5, 0.6) is 0 Å². The summed E-state index contributed by atoms with van der Waals surface area (Å²) in [7, 11) is 0. The van der Waals surface area contributed by atoms with Crippen LogP contribution in [-0.4, -0.2) is 0 Å². The van der Waals surface area contributed by atoms with Gasteiger partial charge in [-0.1, -0.05) is 60.2 Å². The Hall–Kier alpha value is -1.91. The van der Waals surface area contributed by atoms with E-state index in [1.54, 1.807) is 0 Å². The average molecular weight is 280 g/mol. The summed E-state index contributed by atoms with van der Waals surface area (Å²) in [5.41, 5.74) is 5.41. The number of benzene rings is 1. The summed E-state index contributed by atoms with van der Waals surface area (Å²) in [5, 5.41) is 1.81. The minimum atomic E-state index is 0.639. The van der Waals surface area contributed by atoms with E-state index in [2.05, 4.69) is 49.4 Å². The predicted molar refractivity (Wildman–Crippen MR) is 93.5 cm³/mol. The standard InChI is InChI=1S/C19H20S/c1-5-9-16(4)13-18(14-20)19(12-15(2)3)17-10-7-6-8-11-17/h1,6-8,10-14,20H,2,9H2,3-4H3/b16-13-,18-14+,19-12-. The molecule has 20 heavy (non-hydrogen) atoms. The molecule has 0 saturated heterocycles. The van der Waals surface area contributed by atoms with Gasteiger partial charge in [-0.05, 0) is 36.0 Å². The van der Waals surface area contributed by atoms with E-state index in [1.807, 2.05) is 37.5 Å². The number of hydrogen-bond donors (Lipinski definition) is 1. The van der Waals surface area contributed by atoms with Gasteiger partial charge in [-0.2, -0.15) is 12.6 Å². The van der Waals surface area contributed by atoms with Crippen molar-refractivity contribution >= 4 is 18.2 Å². The van der Waals surface area contributed by atoms with E-state index in [1.165, 1.54) is 0 Å². The van der Waals surface area contributed by atoms with Crippen molar-refractivity contribution in [3.05, 3.63) is 76.8 Å². The van der Waals surface area contributed by atoms with Crippen molar-refractivity contribution in [1.82, 2.24) is 0 Å². The van der Waals surface area contributed by atoms with Crippen molar-refractivity contribution < 1.29 is 0 Å². The Bertz CT molecular complexity index is 592. The second-order valence-corrected chi connectivity index (χ2v) is 4.98. The lowest BCUT2D eigenvalue weighted by Crippen LogP contribution is -1.89. The molecule has 1 aromatic rings. The van der Waals surface area contributed by atoms with Crippen LogP contribution in [0, 0.1) is 12.3 Å². The second-order valence-electron chi connectivity index (χ2n) is 4.73. The zero-order chi connectivity index (χ0) is 15.0. The van der Waals surface area contributed by atoms with E-state index in [4.69, 9.17) is 6.42 Å². The van der Waals surface area contributed by atoms with Crippen LogP contribution in [0.2, 0.25) is 0 Å². The fraction of sp³-hybridized carbons (Fsp3) is 0.158. The summed E-state index contributed by atoms with van der Waals surface area (Å²) in [6.45, 7) is 7.98. The van der Waals surface area contributed by atoms with Crippen LogP contribution in [-0.2, 0) is 0 Å². The molecular formula is C19H20S. The van der Waals surface area contributed by atoms with E-state index in [9.17, 15) is 0 Å². The van der Waals surface area contributed by atoms with Gasteiger partial charge in [0.25, 0.3) is 0 Å². The van der Waals surface area contributed by atoms with Gasteiger partial charge in [-0.25, -0.2) is 0 Å². The Kier molecular flexibility index (Phi) is 6.70. The average Bonchev–Trinajstić information content (AvgIpc) is 2.43. The first-order valence-corrected chi connectivity index (χ1v) is 6.98. The van der Waals surface area contributed by atoms with E-state index >= 15 is 0 Å². The molecule has 1 heteroatoms. The first kappa shape index (κ1) is 16.1. The molecule has 0 fully saturated rings. The Morgan fingerprint density at radius 2 is 1.90 bits per heavy atom. The van der Waals surface area contributed by atoms with Crippen molar-refractivity contribution in [1.29, 1.82) is 0 Å². The Labute approximate surface area is 128 Å². The molecule has 0 atom stereocenters. The van der Waals surface area contributed by atoms with Crippen molar-refractivity contribution in [2.75, 3.05) is 0 Å². The highest BCUT2D eigenvalue weighted by molar-refractivity contribution is 7.83. The highest BCUT2D eigenvalue weighted by atomic mass is 32.1. The minimum Gasteiger partial charge on any atom is -0.151 e. The molecule has 1 rings (SSSR count). The van der Waals surface area contributed by atoms with Gasteiger partial charge >= 0.3 is 0 Å². The van der Waals surface area contributed by atoms with Gasteiger partial charge in [0.2, 0.25) is 0 Å². The largest absolute Gasteiger partial charge is 0.151 e. The lowest BCUT2D eigenvalue weighted by molar-refractivity contribution is 1.25. The number of rotatable bonds is 5. The summed E-state index contributed by atoms with van der Waals surface area (Å²) in [4.78, 5) is 0. The van der Waals surface area contributed by atoms with E-state index in [0.29, 0.717) is 6.42 Å². The molecule has 0 aliphatic rings. The maximum Gasteiger partial charge on any atom is 0.0297 e. The lowest BCUT2D eigenvalue weighted by Gasteiger charge is -2.10. The summed E-state index contributed by atoms with van der Waals surface area (Å²) >= 11 is 4.34. The van der Waals surface area contributed by atoms with E-state index in [0.717, 1.165) is 27.9 Å². The van der Waals surface area contributed by atoms with Gasteiger partial charge in [-0.15, -0.1) is 12.3 Å². The zero-order valence-corrected chi connectivity index (χ0v) is 13.0. The van der Waals surface area contributed by atoms with Gasteiger partial charge in [0.05, 0.1) is 0 Å². The Morgan fingerprint density at radius 1 is 1.25 bits per heavy atom. The van der Waals surface area contributed by atoms with Crippen molar-refractivity contribution in [2.45, 2.75) is 20.3 Å². The summed E-state index contributed by atoms with van der Waals surface area (Å²) < 4.78 is 0. The van der Waals surface area contributed by atoms with Crippen LogP contribution in [0.25, 0.3) is 5.57 Å². The number of thiol groups is 1. The SMILES string of the molecule is C#CC\C(C)=C/C(=C\S)C(=C\C(=C)C)/c1ccccc1. The van der Waals surface area contributed by atoms with Crippen LogP contribution < -0.4 is 0 Å². The van der Waals surface area contributed by atoms with Crippen LogP contribution in [0.3, 0.4) is 0 Å². The maximum absolute atomic E-state index is 5.36. The van der Waals surface area contributed by atoms with Gasteiger partial charge < -0.3 is 0 Å². The first-order valence-electron chi connectivity index (χ1n) is 6.46. The molecule has 0 aliphatic heterocycles. The normalized spacial score (nSPS) is 13.0. The topological polar surface area (TPSA) is 0 Å². The Balaban J connectivity index is 3.28. The third kappa shape index (κ3) is 4.99. The fourth-order valence-electron chi connectivity index (χ4n) is 1.86. The Morgan fingerprint density at radius 3 is 2.40 bits per heavy atom. The van der Waals surface area contributed by atoms with Crippen molar-refractivity contribution in [3.8, 4) is 12.3 Å². The molecule has 0 radical (unpaired) electrons.